The van der Waals surface area contributed by atoms with Crippen LogP contribution in [0.4, 0.5) is 26.2 Å². The molecule has 8 nitrogen and oxygen atoms in total. The summed E-state index contributed by atoms with van der Waals surface area (Å²) < 4.78 is 32.3. The van der Waals surface area contributed by atoms with Gasteiger partial charge in [0, 0.05) is 43.7 Å². The van der Waals surface area contributed by atoms with Crippen LogP contribution >= 0.6 is 0 Å². The van der Waals surface area contributed by atoms with Crippen LogP contribution in [0.1, 0.15) is 31.5 Å². The fraction of sp³-hybridized carbons (Fsp3) is 0.407. The lowest BCUT2D eigenvalue weighted by Crippen LogP contribution is -2.44. The highest BCUT2D eigenvalue weighted by molar-refractivity contribution is 5.83. The second-order valence-electron chi connectivity index (χ2n) is 10.5. The number of nitrogens with one attached hydrogen (secondary N) is 1. The topological polar surface area (TPSA) is 75.0 Å². The van der Waals surface area contributed by atoms with Crippen LogP contribution in [0.25, 0.3) is 22.3 Å². The molecule has 37 heavy (non-hydrogen) atoms. The number of anilines is 3. The molecule has 1 N–H and O–H groups in total. The van der Waals surface area contributed by atoms with Crippen molar-refractivity contribution in [2.45, 2.75) is 37.6 Å². The van der Waals surface area contributed by atoms with Crippen molar-refractivity contribution < 1.29 is 8.78 Å². The van der Waals surface area contributed by atoms with Crippen molar-refractivity contribution in [2.75, 3.05) is 43.4 Å². The smallest absolute Gasteiger partial charge is 0.229 e. The van der Waals surface area contributed by atoms with Crippen molar-refractivity contribution in [2.24, 2.45) is 0 Å². The van der Waals surface area contributed by atoms with Crippen LogP contribution < -0.4 is 10.2 Å². The van der Waals surface area contributed by atoms with E-state index in [2.05, 4.69) is 46.7 Å². The summed E-state index contributed by atoms with van der Waals surface area (Å²) in [6.45, 7) is 3.94. The van der Waals surface area contributed by atoms with E-state index in [4.69, 9.17) is 0 Å². The second-order valence-corrected chi connectivity index (χ2v) is 10.5. The highest BCUT2D eigenvalue weighted by Gasteiger charge is 2.48. The van der Waals surface area contributed by atoms with Gasteiger partial charge in [0.25, 0.3) is 0 Å². The van der Waals surface area contributed by atoms with E-state index in [0.717, 1.165) is 81.5 Å². The Balaban J connectivity index is 1.19. The zero-order chi connectivity index (χ0) is 25.1. The molecule has 0 bridgehead atoms. The van der Waals surface area contributed by atoms with Crippen molar-refractivity contribution in [3.05, 3.63) is 54.1 Å². The molecule has 4 aromatic rings. The number of rotatable bonds is 4. The van der Waals surface area contributed by atoms with Gasteiger partial charge < -0.3 is 19.7 Å². The molecule has 10 heteroatoms. The van der Waals surface area contributed by atoms with E-state index in [1.165, 1.54) is 6.07 Å². The van der Waals surface area contributed by atoms with Crippen LogP contribution in [0.15, 0.2) is 36.7 Å². The van der Waals surface area contributed by atoms with E-state index >= 15 is 4.39 Å². The zero-order valence-corrected chi connectivity index (χ0v) is 20.7. The van der Waals surface area contributed by atoms with Gasteiger partial charge in [0.1, 0.15) is 22.9 Å². The Labute approximate surface area is 213 Å². The monoisotopic (exact) mass is 502 g/mol. The summed E-state index contributed by atoms with van der Waals surface area (Å²) >= 11 is 0. The fourth-order valence-corrected chi connectivity index (χ4v) is 5.78. The van der Waals surface area contributed by atoms with Crippen molar-refractivity contribution >= 4 is 28.5 Å². The number of halogens is 2. The summed E-state index contributed by atoms with van der Waals surface area (Å²) in [6, 6.07) is 7.00. The second kappa shape index (κ2) is 8.44. The third-order valence-corrected chi connectivity index (χ3v) is 8.00. The number of hydrogen-bond acceptors (Lipinski definition) is 7. The van der Waals surface area contributed by atoms with Crippen LogP contribution in [0.5, 0.6) is 0 Å². The molecular weight excluding hydrogens is 474 g/mol. The minimum Gasteiger partial charge on any atom is -0.368 e. The average molecular weight is 503 g/mol. The molecule has 1 aromatic carbocycles. The van der Waals surface area contributed by atoms with Gasteiger partial charge >= 0.3 is 0 Å². The number of aryl methyl sites for hydroxylation is 1. The highest BCUT2D eigenvalue weighted by atomic mass is 19.1. The predicted molar refractivity (Wildman–Crippen MR) is 138 cm³/mol. The van der Waals surface area contributed by atoms with Gasteiger partial charge in [0.15, 0.2) is 11.6 Å². The Morgan fingerprint density at radius 2 is 1.76 bits per heavy atom. The molecule has 1 saturated carbocycles. The highest BCUT2D eigenvalue weighted by Crippen LogP contribution is 2.52. The molecular formula is C27H28F2N8. The number of imidazole rings is 1. The Morgan fingerprint density at radius 1 is 0.919 bits per heavy atom. The first-order valence-electron chi connectivity index (χ1n) is 12.9. The minimum atomic E-state index is -0.609. The maximum absolute atomic E-state index is 15.2. The Kier molecular flexibility index (Phi) is 5.14. The molecule has 0 amide bonds. The summed E-state index contributed by atoms with van der Waals surface area (Å²) in [5, 5.41) is 3.06. The summed E-state index contributed by atoms with van der Waals surface area (Å²) in [5.74, 6) is 0.607. The molecule has 1 saturated heterocycles. The molecule has 3 aromatic heterocycles. The molecule has 0 atom stereocenters. The van der Waals surface area contributed by atoms with Crippen molar-refractivity contribution in [1.82, 2.24) is 29.4 Å². The van der Waals surface area contributed by atoms with Gasteiger partial charge in [-0.15, -0.1) is 0 Å². The lowest BCUT2D eigenvalue weighted by atomic mass is 10.0. The number of aromatic nitrogens is 5. The summed E-state index contributed by atoms with van der Waals surface area (Å²) in [5.41, 5.74) is 2.59. The number of fused-ring (bicyclic) bond motifs is 4. The maximum atomic E-state index is 15.2. The number of hydrogen-bond donors (Lipinski definition) is 1. The van der Waals surface area contributed by atoms with Gasteiger partial charge in [-0.25, -0.2) is 28.7 Å². The first-order chi connectivity index (χ1) is 18.0. The van der Waals surface area contributed by atoms with Crippen LogP contribution in [-0.2, 0) is 12.0 Å². The quantitative estimate of drug-likeness (QED) is 0.441. The van der Waals surface area contributed by atoms with E-state index in [1.54, 1.807) is 0 Å². The molecule has 0 unspecified atom stereocenters. The molecule has 3 aliphatic rings. The number of piperazine rings is 1. The van der Waals surface area contributed by atoms with Crippen molar-refractivity contribution in [3.8, 4) is 11.3 Å². The average Bonchev–Trinajstić information content (AvgIpc) is 3.55. The largest absolute Gasteiger partial charge is 0.368 e. The Hall–Kier alpha value is -3.66. The first kappa shape index (κ1) is 22.5. The SMILES string of the molecule is CN1CCN(c2ccc(Nc3ncc(F)c(-c4cc(F)c5nc6n(c5c4)C4(CCC6)CC4)n3)nc2)CC1. The first-order valence-corrected chi connectivity index (χ1v) is 12.9. The lowest BCUT2D eigenvalue weighted by molar-refractivity contribution is 0.313. The Morgan fingerprint density at radius 3 is 2.51 bits per heavy atom. The maximum Gasteiger partial charge on any atom is 0.229 e. The Bertz CT molecular complexity index is 1490. The van der Waals surface area contributed by atoms with Gasteiger partial charge in [-0.05, 0) is 57.0 Å². The number of pyridine rings is 1. The molecule has 7 rings (SSSR count). The molecule has 2 fully saturated rings. The molecule has 5 heterocycles. The predicted octanol–water partition coefficient (Wildman–Crippen LogP) is 4.49. The summed E-state index contributed by atoms with van der Waals surface area (Å²) in [6.07, 6.45) is 8.06. The molecule has 1 spiro atoms. The molecule has 1 aliphatic carbocycles. The van der Waals surface area contributed by atoms with E-state index in [1.807, 2.05) is 24.4 Å². The van der Waals surface area contributed by atoms with E-state index < -0.39 is 11.6 Å². The molecule has 0 radical (unpaired) electrons. The summed E-state index contributed by atoms with van der Waals surface area (Å²) in [4.78, 5) is 22.2. The minimum absolute atomic E-state index is 0.0450. The third kappa shape index (κ3) is 3.90. The third-order valence-electron chi connectivity index (χ3n) is 8.00. The van der Waals surface area contributed by atoms with Crippen LogP contribution in [0.3, 0.4) is 0 Å². The number of benzene rings is 1. The van der Waals surface area contributed by atoms with Gasteiger partial charge in [-0.1, -0.05) is 0 Å². The van der Waals surface area contributed by atoms with E-state index in [9.17, 15) is 4.39 Å². The van der Waals surface area contributed by atoms with Gasteiger partial charge in [0.2, 0.25) is 5.95 Å². The van der Waals surface area contributed by atoms with E-state index in [0.29, 0.717) is 16.9 Å². The standard InChI is InChI=1S/C27H28F2N8/c1-35-9-11-36(12-10-35)18-4-5-22(30-15-18)32-26-31-16-20(29)24(34-26)17-13-19(28)25-21(14-17)37-23(33-25)3-2-6-27(37)7-8-27/h4-5,13-16H,2-3,6-12H2,1H3,(H,30,31,32,34). The normalized spacial score (nSPS) is 18.8. The van der Waals surface area contributed by atoms with Gasteiger partial charge in [-0.3, -0.25) is 0 Å². The number of nitrogens with zero attached hydrogens (tertiary/aromatic N) is 7. The molecule has 190 valence electrons. The van der Waals surface area contributed by atoms with Gasteiger partial charge in [-0.2, -0.15) is 0 Å². The van der Waals surface area contributed by atoms with Crippen molar-refractivity contribution in [1.29, 1.82) is 0 Å². The van der Waals surface area contributed by atoms with Crippen LogP contribution in [-0.4, -0.2) is 62.6 Å². The van der Waals surface area contributed by atoms with Crippen molar-refractivity contribution in [3.63, 3.8) is 0 Å². The number of likely N-dealkylation sites (N-methyl/N-ethyl adjacent to an activating group) is 1. The molecule has 2 aliphatic heterocycles. The van der Waals surface area contributed by atoms with Crippen LogP contribution in [0.2, 0.25) is 0 Å². The fourth-order valence-electron chi connectivity index (χ4n) is 5.78. The summed E-state index contributed by atoms with van der Waals surface area (Å²) in [7, 11) is 2.12. The van der Waals surface area contributed by atoms with E-state index in [-0.39, 0.29) is 17.2 Å². The lowest BCUT2D eigenvalue weighted by Gasteiger charge is -2.33. The van der Waals surface area contributed by atoms with Gasteiger partial charge in [0.05, 0.1) is 23.6 Å². The van der Waals surface area contributed by atoms with Crippen LogP contribution in [0, 0.1) is 11.6 Å². The zero-order valence-electron chi connectivity index (χ0n) is 20.7.